The number of carboxylic acid groups (broad SMARTS) is 1. The van der Waals surface area contributed by atoms with Gasteiger partial charge in [0.25, 0.3) is 0 Å². The molecule has 0 aliphatic heterocycles. The van der Waals surface area contributed by atoms with Crippen LogP contribution in [0.5, 0.6) is 0 Å². The monoisotopic (exact) mass is 236 g/mol. The number of nitrogens with one attached hydrogen (secondary N) is 1. The Bertz CT molecular complexity index is 378. The van der Waals surface area contributed by atoms with E-state index in [2.05, 4.69) is 17.2 Å². The molecule has 0 atom stereocenters. The molecule has 0 radical (unpaired) electrons. The number of unbranched alkanes of at least 4 members (excludes halogenated alkanes) is 3. The lowest BCUT2D eigenvalue weighted by molar-refractivity contribution is 0.0697. The van der Waals surface area contributed by atoms with Crippen LogP contribution in [0.25, 0.3) is 0 Å². The molecular formula is C13H20N2O2. The zero-order valence-corrected chi connectivity index (χ0v) is 10.5. The van der Waals surface area contributed by atoms with Gasteiger partial charge in [0.2, 0.25) is 0 Å². The summed E-state index contributed by atoms with van der Waals surface area (Å²) in [5, 5.41) is 12.2. The summed E-state index contributed by atoms with van der Waals surface area (Å²) in [6, 6.07) is 1.78. The molecule has 17 heavy (non-hydrogen) atoms. The molecule has 0 amide bonds. The van der Waals surface area contributed by atoms with Crippen LogP contribution in [0, 0.1) is 6.92 Å². The molecule has 1 aromatic heterocycles. The topological polar surface area (TPSA) is 62.2 Å². The molecule has 4 heteroatoms. The lowest BCUT2D eigenvalue weighted by Gasteiger charge is -2.09. The highest BCUT2D eigenvalue weighted by Crippen LogP contribution is 2.15. The lowest BCUT2D eigenvalue weighted by atomic mass is 10.2. The summed E-state index contributed by atoms with van der Waals surface area (Å²) in [7, 11) is 0. The van der Waals surface area contributed by atoms with E-state index in [4.69, 9.17) is 5.11 Å². The van der Waals surface area contributed by atoms with Gasteiger partial charge in [-0.2, -0.15) is 0 Å². The third kappa shape index (κ3) is 4.43. The second-order valence-electron chi connectivity index (χ2n) is 4.16. The smallest absolute Gasteiger partial charge is 0.339 e. The number of anilines is 1. The number of rotatable bonds is 7. The van der Waals surface area contributed by atoms with E-state index in [0.717, 1.165) is 18.7 Å². The maximum atomic E-state index is 11.0. The molecule has 94 valence electrons. The Labute approximate surface area is 102 Å². The van der Waals surface area contributed by atoms with Crippen LogP contribution in [-0.2, 0) is 0 Å². The van der Waals surface area contributed by atoms with E-state index in [1.54, 1.807) is 6.07 Å². The summed E-state index contributed by atoms with van der Waals surface area (Å²) in [6.07, 6.45) is 6.08. The summed E-state index contributed by atoms with van der Waals surface area (Å²) in [5.74, 6) is -0.937. The van der Waals surface area contributed by atoms with Crippen LogP contribution < -0.4 is 5.32 Å². The molecule has 0 saturated carbocycles. The molecule has 0 bridgehead atoms. The molecule has 4 nitrogen and oxygen atoms in total. The van der Waals surface area contributed by atoms with Crippen molar-refractivity contribution in [2.75, 3.05) is 11.9 Å². The number of hydrogen-bond donors (Lipinski definition) is 2. The fraction of sp³-hybridized carbons (Fsp3) is 0.538. The van der Waals surface area contributed by atoms with Crippen LogP contribution in [-0.4, -0.2) is 22.6 Å². The summed E-state index contributed by atoms with van der Waals surface area (Å²) < 4.78 is 0. The van der Waals surface area contributed by atoms with E-state index in [-0.39, 0.29) is 5.56 Å². The number of aromatic carboxylic acids is 1. The van der Waals surface area contributed by atoms with E-state index < -0.39 is 5.97 Å². The molecular weight excluding hydrogens is 216 g/mol. The maximum absolute atomic E-state index is 11.0. The maximum Gasteiger partial charge on any atom is 0.339 e. The van der Waals surface area contributed by atoms with Gasteiger partial charge in [0.15, 0.2) is 0 Å². The van der Waals surface area contributed by atoms with Crippen molar-refractivity contribution in [2.45, 2.75) is 39.5 Å². The van der Waals surface area contributed by atoms with Crippen molar-refractivity contribution in [2.24, 2.45) is 0 Å². The quantitative estimate of drug-likeness (QED) is 0.714. The molecule has 0 spiro atoms. The molecule has 0 aliphatic rings. The second-order valence-corrected chi connectivity index (χ2v) is 4.16. The van der Waals surface area contributed by atoms with Crippen LogP contribution in [0.3, 0.4) is 0 Å². The highest BCUT2D eigenvalue weighted by Gasteiger charge is 2.10. The standard InChI is InChI=1S/C13H20N2O2/c1-3-4-5-6-7-14-12-8-10(2)15-9-11(12)13(16)17/h8-9H,3-7H2,1-2H3,(H,14,15)(H,16,17). The minimum absolute atomic E-state index is 0.242. The second kappa shape index (κ2) is 6.89. The van der Waals surface area contributed by atoms with E-state index in [0.29, 0.717) is 5.69 Å². The molecule has 1 aromatic rings. The number of aryl methyl sites for hydroxylation is 1. The van der Waals surface area contributed by atoms with Crippen LogP contribution in [0.1, 0.15) is 48.7 Å². The Morgan fingerprint density at radius 1 is 1.41 bits per heavy atom. The Morgan fingerprint density at radius 2 is 2.18 bits per heavy atom. The van der Waals surface area contributed by atoms with Gasteiger partial charge >= 0.3 is 5.97 Å². The summed E-state index contributed by atoms with van der Waals surface area (Å²) in [4.78, 5) is 15.0. The van der Waals surface area contributed by atoms with Crippen molar-refractivity contribution in [3.05, 3.63) is 23.5 Å². The van der Waals surface area contributed by atoms with Crippen molar-refractivity contribution in [1.82, 2.24) is 4.98 Å². The zero-order valence-electron chi connectivity index (χ0n) is 10.5. The number of carboxylic acids is 1. The molecule has 1 rings (SSSR count). The Kier molecular flexibility index (Phi) is 5.46. The first-order valence-corrected chi connectivity index (χ1v) is 6.09. The van der Waals surface area contributed by atoms with E-state index in [1.807, 2.05) is 6.92 Å². The fourth-order valence-electron chi connectivity index (χ4n) is 1.65. The van der Waals surface area contributed by atoms with Gasteiger partial charge in [-0.3, -0.25) is 4.98 Å². The number of nitrogens with zero attached hydrogens (tertiary/aromatic N) is 1. The largest absolute Gasteiger partial charge is 0.478 e. The number of hydrogen-bond acceptors (Lipinski definition) is 3. The highest BCUT2D eigenvalue weighted by atomic mass is 16.4. The predicted molar refractivity (Wildman–Crippen MR) is 68.6 cm³/mol. The summed E-state index contributed by atoms with van der Waals surface area (Å²) in [6.45, 7) is 4.83. The highest BCUT2D eigenvalue weighted by molar-refractivity contribution is 5.93. The Morgan fingerprint density at radius 3 is 2.82 bits per heavy atom. The SMILES string of the molecule is CCCCCCNc1cc(C)ncc1C(=O)O. The number of aromatic nitrogens is 1. The van der Waals surface area contributed by atoms with E-state index >= 15 is 0 Å². The van der Waals surface area contributed by atoms with Gasteiger partial charge in [-0.05, 0) is 19.4 Å². The zero-order chi connectivity index (χ0) is 12.7. The van der Waals surface area contributed by atoms with Crippen LogP contribution in [0.2, 0.25) is 0 Å². The molecule has 0 unspecified atom stereocenters. The van der Waals surface area contributed by atoms with Gasteiger partial charge in [0.1, 0.15) is 5.56 Å². The van der Waals surface area contributed by atoms with Gasteiger partial charge < -0.3 is 10.4 Å². The molecule has 0 aromatic carbocycles. The van der Waals surface area contributed by atoms with Gasteiger partial charge in [0, 0.05) is 18.4 Å². The first kappa shape index (κ1) is 13.5. The summed E-state index contributed by atoms with van der Waals surface area (Å²) in [5.41, 5.74) is 1.73. The van der Waals surface area contributed by atoms with Crippen LogP contribution in [0.15, 0.2) is 12.3 Å². The third-order valence-electron chi connectivity index (χ3n) is 2.62. The predicted octanol–water partition coefficient (Wildman–Crippen LogP) is 3.08. The molecule has 1 heterocycles. The van der Waals surface area contributed by atoms with Gasteiger partial charge in [-0.15, -0.1) is 0 Å². The Balaban J connectivity index is 2.56. The van der Waals surface area contributed by atoms with Crippen molar-refractivity contribution >= 4 is 11.7 Å². The third-order valence-corrected chi connectivity index (χ3v) is 2.62. The fourth-order valence-corrected chi connectivity index (χ4v) is 1.65. The van der Waals surface area contributed by atoms with Crippen molar-refractivity contribution in [3.63, 3.8) is 0 Å². The van der Waals surface area contributed by atoms with Crippen molar-refractivity contribution in [1.29, 1.82) is 0 Å². The molecule has 0 fully saturated rings. The number of carbonyl (C=O) groups is 1. The molecule has 2 N–H and O–H groups in total. The van der Waals surface area contributed by atoms with Crippen LogP contribution >= 0.6 is 0 Å². The normalized spacial score (nSPS) is 10.2. The summed E-state index contributed by atoms with van der Waals surface area (Å²) >= 11 is 0. The average Bonchev–Trinajstić information content (AvgIpc) is 2.28. The van der Waals surface area contributed by atoms with E-state index in [9.17, 15) is 4.79 Å². The van der Waals surface area contributed by atoms with Crippen molar-refractivity contribution < 1.29 is 9.90 Å². The minimum Gasteiger partial charge on any atom is -0.478 e. The molecule has 0 saturated heterocycles. The van der Waals surface area contributed by atoms with Crippen LogP contribution in [0.4, 0.5) is 5.69 Å². The average molecular weight is 236 g/mol. The Hall–Kier alpha value is -1.58. The number of pyridine rings is 1. The first-order valence-electron chi connectivity index (χ1n) is 6.09. The molecule has 0 aliphatic carbocycles. The van der Waals surface area contributed by atoms with Gasteiger partial charge in [-0.25, -0.2) is 4.79 Å². The minimum atomic E-state index is -0.937. The first-order chi connectivity index (χ1) is 8.15. The van der Waals surface area contributed by atoms with Gasteiger partial charge in [0.05, 0.1) is 5.69 Å². The van der Waals surface area contributed by atoms with Crippen molar-refractivity contribution in [3.8, 4) is 0 Å². The van der Waals surface area contributed by atoms with Gasteiger partial charge in [-0.1, -0.05) is 26.2 Å². The van der Waals surface area contributed by atoms with E-state index in [1.165, 1.54) is 25.5 Å². The lowest BCUT2D eigenvalue weighted by Crippen LogP contribution is -2.08.